The van der Waals surface area contributed by atoms with Gasteiger partial charge in [-0.2, -0.15) is 10.1 Å². The van der Waals surface area contributed by atoms with Gasteiger partial charge >= 0.3 is 0 Å². The van der Waals surface area contributed by atoms with Gasteiger partial charge in [-0.25, -0.2) is 13.6 Å². The lowest BCUT2D eigenvalue weighted by Crippen LogP contribution is -2.23. The fraction of sp³-hybridized carbons (Fsp3) is 0.471. The van der Waals surface area contributed by atoms with Crippen molar-refractivity contribution in [2.75, 3.05) is 17.2 Å². The van der Waals surface area contributed by atoms with Crippen LogP contribution in [0.15, 0.2) is 35.4 Å². The number of nitrogens with zero attached hydrogens (tertiary/aromatic N) is 3. The van der Waals surface area contributed by atoms with Gasteiger partial charge in [0.15, 0.2) is 5.82 Å². The van der Waals surface area contributed by atoms with E-state index in [-0.39, 0.29) is 4.90 Å². The fourth-order valence-corrected chi connectivity index (χ4v) is 3.58. The van der Waals surface area contributed by atoms with E-state index in [1.165, 1.54) is 44.2 Å². The van der Waals surface area contributed by atoms with Crippen molar-refractivity contribution in [3.63, 3.8) is 0 Å². The molecule has 140 valence electrons. The van der Waals surface area contributed by atoms with E-state index in [2.05, 4.69) is 25.8 Å². The Labute approximate surface area is 153 Å². The summed E-state index contributed by atoms with van der Waals surface area (Å²) in [5.74, 6) is 1.22. The summed E-state index contributed by atoms with van der Waals surface area (Å²) in [6, 6.07) is 6.99. The Morgan fingerprint density at radius 1 is 1.12 bits per heavy atom. The number of sulfonamides is 1. The van der Waals surface area contributed by atoms with Crippen LogP contribution in [0.5, 0.6) is 0 Å². The van der Waals surface area contributed by atoms with Gasteiger partial charge in [0.2, 0.25) is 16.0 Å². The van der Waals surface area contributed by atoms with E-state index in [4.69, 9.17) is 5.14 Å². The molecule has 0 bridgehead atoms. The first-order chi connectivity index (χ1) is 12.5. The minimum absolute atomic E-state index is 0.114. The average Bonchev–Trinajstić information content (AvgIpc) is 2.63. The number of primary sulfonamides is 1. The van der Waals surface area contributed by atoms with E-state index in [9.17, 15) is 8.42 Å². The molecule has 0 radical (unpaired) electrons. The number of anilines is 2. The van der Waals surface area contributed by atoms with Crippen molar-refractivity contribution in [2.45, 2.75) is 49.5 Å². The number of nitrogens with one attached hydrogen (secondary N) is 2. The van der Waals surface area contributed by atoms with Crippen LogP contribution in [0, 0.1) is 0 Å². The van der Waals surface area contributed by atoms with Crippen molar-refractivity contribution in [1.82, 2.24) is 15.2 Å². The van der Waals surface area contributed by atoms with Gasteiger partial charge in [-0.05, 0) is 37.0 Å². The molecule has 0 spiro atoms. The summed E-state index contributed by atoms with van der Waals surface area (Å²) in [5, 5.41) is 19.7. The van der Waals surface area contributed by atoms with Gasteiger partial charge in [0.25, 0.3) is 0 Å². The van der Waals surface area contributed by atoms with Gasteiger partial charge in [-0.1, -0.05) is 31.4 Å². The molecule has 0 saturated heterocycles. The number of rotatable bonds is 7. The number of aromatic nitrogens is 3. The van der Waals surface area contributed by atoms with E-state index in [1.807, 2.05) is 0 Å². The SMILES string of the molecule is NS(=O)(=O)c1ccc(CCNc2nncc(NC3CCCCC3)n2)cc1. The Morgan fingerprint density at radius 3 is 2.54 bits per heavy atom. The van der Waals surface area contributed by atoms with E-state index in [1.54, 1.807) is 18.3 Å². The third-order valence-electron chi connectivity index (χ3n) is 4.46. The van der Waals surface area contributed by atoms with Crippen LogP contribution in [0.4, 0.5) is 11.8 Å². The zero-order valence-corrected chi connectivity index (χ0v) is 15.4. The van der Waals surface area contributed by atoms with Crippen molar-refractivity contribution >= 4 is 21.8 Å². The molecule has 9 heteroatoms. The molecule has 1 saturated carbocycles. The quantitative estimate of drug-likeness (QED) is 0.674. The predicted octanol–water partition coefficient (Wildman–Crippen LogP) is 1.92. The summed E-state index contributed by atoms with van der Waals surface area (Å²) in [4.78, 5) is 4.57. The smallest absolute Gasteiger partial charge is 0.244 e. The molecular formula is C17H24N6O2S. The van der Waals surface area contributed by atoms with E-state index < -0.39 is 10.0 Å². The van der Waals surface area contributed by atoms with Crippen LogP contribution in [0.2, 0.25) is 0 Å². The molecule has 26 heavy (non-hydrogen) atoms. The molecular weight excluding hydrogens is 352 g/mol. The fourth-order valence-electron chi connectivity index (χ4n) is 3.07. The Balaban J connectivity index is 1.50. The third kappa shape index (κ3) is 5.37. The van der Waals surface area contributed by atoms with E-state index in [0.717, 1.165) is 11.4 Å². The highest BCUT2D eigenvalue weighted by Gasteiger charge is 2.14. The highest BCUT2D eigenvalue weighted by atomic mass is 32.2. The first-order valence-electron chi connectivity index (χ1n) is 8.82. The molecule has 1 aliphatic carbocycles. The molecule has 0 amide bonds. The Kier molecular flexibility index (Phi) is 6.00. The zero-order chi connectivity index (χ0) is 18.4. The lowest BCUT2D eigenvalue weighted by Gasteiger charge is -2.23. The standard InChI is InChI=1S/C17H24N6O2S/c18-26(24,25)15-8-6-13(7-9-15)10-11-19-17-22-16(12-20-23-17)21-14-4-2-1-3-5-14/h6-9,12,14H,1-5,10-11H2,(H2,18,24,25)(H2,19,21,22,23). The summed E-state index contributed by atoms with van der Waals surface area (Å²) in [7, 11) is -3.65. The van der Waals surface area contributed by atoms with Crippen LogP contribution in [0.1, 0.15) is 37.7 Å². The normalized spacial score (nSPS) is 15.6. The number of hydrogen-bond donors (Lipinski definition) is 3. The minimum atomic E-state index is -3.65. The molecule has 1 aromatic carbocycles. The monoisotopic (exact) mass is 376 g/mol. The molecule has 2 aromatic rings. The minimum Gasteiger partial charge on any atom is -0.366 e. The maximum atomic E-state index is 11.3. The van der Waals surface area contributed by atoms with Gasteiger partial charge < -0.3 is 10.6 Å². The van der Waals surface area contributed by atoms with Crippen molar-refractivity contribution in [1.29, 1.82) is 0 Å². The maximum Gasteiger partial charge on any atom is 0.244 e. The first kappa shape index (κ1) is 18.5. The summed E-state index contributed by atoms with van der Waals surface area (Å²) < 4.78 is 22.5. The highest BCUT2D eigenvalue weighted by molar-refractivity contribution is 7.89. The van der Waals surface area contributed by atoms with Gasteiger partial charge in [-0.3, -0.25) is 0 Å². The second-order valence-corrected chi connectivity index (χ2v) is 8.07. The molecule has 0 aliphatic heterocycles. The Morgan fingerprint density at radius 2 is 1.85 bits per heavy atom. The Bertz CT molecular complexity index is 819. The first-order valence-corrected chi connectivity index (χ1v) is 10.4. The predicted molar refractivity (Wildman–Crippen MR) is 100 cm³/mol. The van der Waals surface area contributed by atoms with Crippen LogP contribution in [0.25, 0.3) is 0 Å². The van der Waals surface area contributed by atoms with Gasteiger partial charge in [0, 0.05) is 12.6 Å². The molecule has 3 rings (SSSR count). The molecule has 0 atom stereocenters. The van der Waals surface area contributed by atoms with Crippen LogP contribution in [-0.4, -0.2) is 36.2 Å². The number of hydrogen-bond acceptors (Lipinski definition) is 7. The van der Waals surface area contributed by atoms with Crippen molar-refractivity contribution in [3.05, 3.63) is 36.0 Å². The second kappa shape index (κ2) is 8.41. The van der Waals surface area contributed by atoms with Crippen LogP contribution in [0.3, 0.4) is 0 Å². The Hall–Kier alpha value is -2.26. The average molecular weight is 376 g/mol. The zero-order valence-electron chi connectivity index (χ0n) is 14.6. The topological polar surface area (TPSA) is 123 Å². The van der Waals surface area contributed by atoms with Crippen LogP contribution >= 0.6 is 0 Å². The molecule has 1 aromatic heterocycles. The largest absolute Gasteiger partial charge is 0.366 e. The van der Waals surface area contributed by atoms with E-state index >= 15 is 0 Å². The summed E-state index contributed by atoms with van der Waals surface area (Å²) in [5.41, 5.74) is 0.995. The summed E-state index contributed by atoms with van der Waals surface area (Å²) in [6.07, 6.45) is 8.51. The van der Waals surface area contributed by atoms with Crippen molar-refractivity contribution < 1.29 is 8.42 Å². The van der Waals surface area contributed by atoms with Gasteiger partial charge in [-0.15, -0.1) is 5.10 Å². The molecule has 1 fully saturated rings. The molecule has 1 heterocycles. The summed E-state index contributed by atoms with van der Waals surface area (Å²) >= 11 is 0. The highest BCUT2D eigenvalue weighted by Crippen LogP contribution is 2.20. The number of nitrogens with two attached hydrogens (primary N) is 1. The molecule has 4 N–H and O–H groups in total. The van der Waals surface area contributed by atoms with Gasteiger partial charge in [0.05, 0.1) is 11.1 Å². The van der Waals surface area contributed by atoms with Crippen molar-refractivity contribution in [2.24, 2.45) is 5.14 Å². The maximum absolute atomic E-state index is 11.3. The lowest BCUT2D eigenvalue weighted by atomic mass is 9.96. The summed E-state index contributed by atoms with van der Waals surface area (Å²) in [6.45, 7) is 0.614. The third-order valence-corrected chi connectivity index (χ3v) is 5.39. The van der Waals surface area contributed by atoms with E-state index in [0.29, 0.717) is 25.0 Å². The van der Waals surface area contributed by atoms with Crippen LogP contribution < -0.4 is 15.8 Å². The number of benzene rings is 1. The second-order valence-electron chi connectivity index (χ2n) is 6.51. The molecule has 8 nitrogen and oxygen atoms in total. The van der Waals surface area contributed by atoms with Crippen LogP contribution in [-0.2, 0) is 16.4 Å². The van der Waals surface area contributed by atoms with Crippen molar-refractivity contribution in [3.8, 4) is 0 Å². The molecule has 1 aliphatic rings. The van der Waals surface area contributed by atoms with Gasteiger partial charge in [0.1, 0.15) is 0 Å². The molecule has 0 unspecified atom stereocenters. The lowest BCUT2D eigenvalue weighted by molar-refractivity contribution is 0.461.